The molecule has 0 saturated carbocycles. The lowest BCUT2D eigenvalue weighted by molar-refractivity contribution is -0.138. The molecule has 0 bridgehead atoms. The molecule has 0 atom stereocenters. The van der Waals surface area contributed by atoms with E-state index in [4.69, 9.17) is 0 Å². The Morgan fingerprint density at radius 3 is 2.20 bits per heavy atom. The van der Waals surface area contributed by atoms with E-state index in [1.54, 1.807) is 13.8 Å². The van der Waals surface area contributed by atoms with Gasteiger partial charge < -0.3 is 10.6 Å². The van der Waals surface area contributed by atoms with Gasteiger partial charge in [-0.25, -0.2) is 8.78 Å². The molecular weight excluding hydrogens is 266 g/mol. The predicted molar refractivity (Wildman–Crippen MR) is 72.0 cm³/mol. The molecule has 1 aromatic rings. The van der Waals surface area contributed by atoms with Crippen molar-refractivity contribution in [3.8, 4) is 0 Å². The van der Waals surface area contributed by atoms with Gasteiger partial charge in [0, 0.05) is 17.8 Å². The zero-order chi connectivity index (χ0) is 15.5. The summed E-state index contributed by atoms with van der Waals surface area (Å²) >= 11 is 0. The molecule has 4 nitrogen and oxygen atoms in total. The number of hydrogen-bond acceptors (Lipinski definition) is 2. The van der Waals surface area contributed by atoms with Gasteiger partial charge in [-0.15, -0.1) is 0 Å². The van der Waals surface area contributed by atoms with Gasteiger partial charge in [-0.1, -0.05) is 0 Å². The first-order valence-electron chi connectivity index (χ1n) is 6.22. The van der Waals surface area contributed by atoms with Crippen molar-refractivity contribution >= 4 is 17.5 Å². The highest BCUT2D eigenvalue weighted by atomic mass is 19.2. The second-order valence-corrected chi connectivity index (χ2v) is 5.34. The van der Waals surface area contributed by atoms with E-state index in [0.717, 1.165) is 12.1 Å². The van der Waals surface area contributed by atoms with Crippen molar-refractivity contribution in [2.75, 3.05) is 5.32 Å². The van der Waals surface area contributed by atoms with Crippen LogP contribution >= 0.6 is 0 Å². The molecule has 1 aromatic carbocycles. The topological polar surface area (TPSA) is 58.2 Å². The van der Waals surface area contributed by atoms with Gasteiger partial charge in [0.1, 0.15) is 5.41 Å². The molecule has 0 unspecified atom stereocenters. The van der Waals surface area contributed by atoms with Crippen molar-refractivity contribution in [3.63, 3.8) is 0 Å². The fourth-order valence-electron chi connectivity index (χ4n) is 1.41. The predicted octanol–water partition coefficient (Wildman–Crippen LogP) is 2.45. The minimum absolute atomic E-state index is 0.0966. The third-order valence-electron chi connectivity index (χ3n) is 2.73. The van der Waals surface area contributed by atoms with Crippen LogP contribution in [0.3, 0.4) is 0 Å². The molecular formula is C14H18F2N2O2. The van der Waals surface area contributed by atoms with Crippen molar-refractivity contribution in [1.82, 2.24) is 5.32 Å². The molecule has 0 saturated heterocycles. The third kappa shape index (κ3) is 3.76. The molecule has 20 heavy (non-hydrogen) atoms. The summed E-state index contributed by atoms with van der Waals surface area (Å²) < 4.78 is 25.8. The maximum Gasteiger partial charge on any atom is 0.239 e. The van der Waals surface area contributed by atoms with Crippen molar-refractivity contribution < 1.29 is 18.4 Å². The molecule has 0 fully saturated rings. The average molecular weight is 284 g/mol. The number of carbonyl (C=O) groups excluding carboxylic acids is 2. The fourth-order valence-corrected chi connectivity index (χ4v) is 1.41. The Kier molecular flexibility index (Phi) is 4.81. The van der Waals surface area contributed by atoms with Crippen LogP contribution in [-0.2, 0) is 9.59 Å². The minimum Gasteiger partial charge on any atom is -0.353 e. The number of halogens is 2. The lowest BCUT2D eigenvalue weighted by Crippen LogP contribution is -2.47. The number of hydrogen-bond donors (Lipinski definition) is 2. The summed E-state index contributed by atoms with van der Waals surface area (Å²) in [5.41, 5.74) is -1.23. The van der Waals surface area contributed by atoms with Crippen molar-refractivity contribution in [2.45, 2.75) is 33.7 Å². The van der Waals surface area contributed by atoms with E-state index >= 15 is 0 Å². The number of benzene rings is 1. The Bertz CT molecular complexity index is 528. The molecule has 6 heteroatoms. The Morgan fingerprint density at radius 1 is 1.10 bits per heavy atom. The first-order valence-corrected chi connectivity index (χ1v) is 6.22. The van der Waals surface area contributed by atoms with Crippen LogP contribution in [0.4, 0.5) is 14.5 Å². The standard InChI is InChI=1S/C14H18F2N2O2/c1-8(2)17-12(19)14(3,4)13(20)18-9-5-6-10(15)11(16)7-9/h5-8H,1-4H3,(H,17,19)(H,18,20). The summed E-state index contributed by atoms with van der Waals surface area (Å²) in [7, 11) is 0. The van der Waals surface area contributed by atoms with Gasteiger partial charge >= 0.3 is 0 Å². The Labute approximate surface area is 116 Å². The number of nitrogens with one attached hydrogen (secondary N) is 2. The van der Waals surface area contributed by atoms with Crippen molar-refractivity contribution in [3.05, 3.63) is 29.8 Å². The van der Waals surface area contributed by atoms with E-state index in [1.807, 2.05) is 0 Å². The summed E-state index contributed by atoms with van der Waals surface area (Å²) in [4.78, 5) is 24.0. The summed E-state index contributed by atoms with van der Waals surface area (Å²) in [5, 5.41) is 5.03. The number of carbonyl (C=O) groups is 2. The average Bonchev–Trinajstić information content (AvgIpc) is 2.32. The maximum absolute atomic E-state index is 13.1. The number of rotatable bonds is 4. The van der Waals surface area contributed by atoms with Crippen LogP contribution < -0.4 is 10.6 Å². The van der Waals surface area contributed by atoms with Crippen LogP contribution in [0, 0.1) is 17.0 Å². The van der Waals surface area contributed by atoms with Crippen LogP contribution in [-0.4, -0.2) is 17.9 Å². The van der Waals surface area contributed by atoms with Crippen LogP contribution in [0.2, 0.25) is 0 Å². The Morgan fingerprint density at radius 2 is 1.70 bits per heavy atom. The van der Waals surface area contributed by atoms with Crippen LogP contribution in [0.1, 0.15) is 27.7 Å². The molecule has 1 rings (SSSR count). The van der Waals surface area contributed by atoms with Gasteiger partial charge in [-0.2, -0.15) is 0 Å². The van der Waals surface area contributed by atoms with E-state index in [9.17, 15) is 18.4 Å². The van der Waals surface area contributed by atoms with Crippen LogP contribution in [0.25, 0.3) is 0 Å². The Balaban J connectivity index is 2.83. The molecule has 2 amide bonds. The minimum atomic E-state index is -1.32. The van der Waals surface area contributed by atoms with Crippen molar-refractivity contribution in [2.24, 2.45) is 5.41 Å². The molecule has 2 N–H and O–H groups in total. The highest BCUT2D eigenvalue weighted by Crippen LogP contribution is 2.20. The number of anilines is 1. The highest BCUT2D eigenvalue weighted by molar-refractivity contribution is 6.09. The molecule has 0 radical (unpaired) electrons. The highest BCUT2D eigenvalue weighted by Gasteiger charge is 2.36. The zero-order valence-corrected chi connectivity index (χ0v) is 11.9. The summed E-state index contributed by atoms with van der Waals surface area (Å²) in [6, 6.07) is 2.90. The lowest BCUT2D eigenvalue weighted by atomic mass is 9.90. The normalized spacial score (nSPS) is 11.3. The SMILES string of the molecule is CC(C)NC(=O)C(C)(C)C(=O)Nc1ccc(F)c(F)c1. The molecule has 110 valence electrons. The van der Waals surface area contributed by atoms with Gasteiger partial charge in [0.25, 0.3) is 0 Å². The molecule has 0 aromatic heterocycles. The van der Waals surface area contributed by atoms with Gasteiger partial charge in [0.2, 0.25) is 11.8 Å². The second-order valence-electron chi connectivity index (χ2n) is 5.34. The lowest BCUT2D eigenvalue weighted by Gasteiger charge is -2.24. The smallest absolute Gasteiger partial charge is 0.239 e. The molecule has 0 aliphatic heterocycles. The first-order chi connectivity index (χ1) is 9.14. The third-order valence-corrected chi connectivity index (χ3v) is 2.73. The van der Waals surface area contributed by atoms with Crippen LogP contribution in [0.5, 0.6) is 0 Å². The van der Waals surface area contributed by atoms with Crippen LogP contribution in [0.15, 0.2) is 18.2 Å². The van der Waals surface area contributed by atoms with Crippen molar-refractivity contribution in [1.29, 1.82) is 0 Å². The molecule has 0 aliphatic rings. The second kappa shape index (κ2) is 5.98. The van der Waals surface area contributed by atoms with Gasteiger partial charge in [0.15, 0.2) is 11.6 Å². The number of amides is 2. The molecule has 0 spiro atoms. The summed E-state index contributed by atoms with van der Waals surface area (Å²) in [6.45, 7) is 6.47. The van der Waals surface area contributed by atoms with E-state index in [2.05, 4.69) is 10.6 Å². The van der Waals surface area contributed by atoms with Gasteiger partial charge in [-0.3, -0.25) is 9.59 Å². The molecule has 0 heterocycles. The van der Waals surface area contributed by atoms with E-state index in [0.29, 0.717) is 0 Å². The van der Waals surface area contributed by atoms with E-state index in [1.165, 1.54) is 19.9 Å². The largest absolute Gasteiger partial charge is 0.353 e. The molecule has 0 aliphatic carbocycles. The monoisotopic (exact) mass is 284 g/mol. The summed E-state index contributed by atoms with van der Waals surface area (Å²) in [6.07, 6.45) is 0. The first kappa shape index (κ1) is 16.1. The van der Waals surface area contributed by atoms with E-state index in [-0.39, 0.29) is 11.7 Å². The maximum atomic E-state index is 13.1. The van der Waals surface area contributed by atoms with Gasteiger partial charge in [-0.05, 0) is 39.8 Å². The fraction of sp³-hybridized carbons (Fsp3) is 0.429. The Hall–Kier alpha value is -1.98. The van der Waals surface area contributed by atoms with E-state index < -0.39 is 28.9 Å². The zero-order valence-electron chi connectivity index (χ0n) is 11.9. The summed E-state index contributed by atoms with van der Waals surface area (Å²) in [5.74, 6) is -3.10. The quantitative estimate of drug-likeness (QED) is 0.834. The van der Waals surface area contributed by atoms with Gasteiger partial charge in [0.05, 0.1) is 0 Å².